The molecule has 1 aromatic rings. The molecule has 1 fully saturated rings. The van der Waals surface area contributed by atoms with Crippen LogP contribution in [0.1, 0.15) is 6.42 Å². The molecule has 0 saturated carbocycles. The quantitative estimate of drug-likeness (QED) is 0.764. The van der Waals surface area contributed by atoms with Gasteiger partial charge in [-0.15, -0.1) is 3.89 Å². The van der Waals surface area contributed by atoms with Crippen molar-refractivity contribution in [3.63, 3.8) is 0 Å². The Morgan fingerprint density at radius 3 is 2.95 bits per heavy atom. The van der Waals surface area contributed by atoms with E-state index in [-0.39, 0.29) is 18.9 Å². The summed E-state index contributed by atoms with van der Waals surface area (Å²) in [6, 6.07) is 3.21. The molecule has 0 spiro atoms. The second-order valence-electron chi connectivity index (χ2n) is 4.33. The van der Waals surface area contributed by atoms with Gasteiger partial charge in [-0.25, -0.2) is 4.98 Å². The van der Waals surface area contributed by atoms with E-state index >= 15 is 0 Å². The van der Waals surface area contributed by atoms with E-state index in [0.29, 0.717) is 11.6 Å². The molecule has 104 valence electrons. The van der Waals surface area contributed by atoms with E-state index in [1.165, 1.54) is 18.2 Å². The zero-order chi connectivity index (χ0) is 14.0. The normalized spacial score (nSPS) is 19.8. The Morgan fingerprint density at radius 2 is 2.32 bits per heavy atom. The van der Waals surface area contributed by atoms with Gasteiger partial charge in [-0.05, 0) is 6.07 Å². The van der Waals surface area contributed by atoms with Gasteiger partial charge >= 0.3 is 10.2 Å². The van der Waals surface area contributed by atoms with Crippen molar-refractivity contribution in [1.82, 2.24) is 4.98 Å². The lowest BCUT2D eigenvalue weighted by atomic mass is 10.1. The SMILES string of the molecule is COc1ccnc(N2CC(CS(=O)(=O)F)CC2=O)c1. The van der Waals surface area contributed by atoms with Gasteiger partial charge in [0.05, 0.1) is 12.9 Å². The highest BCUT2D eigenvalue weighted by molar-refractivity contribution is 7.86. The first-order chi connectivity index (χ1) is 8.89. The van der Waals surface area contributed by atoms with Gasteiger partial charge in [0.2, 0.25) is 5.91 Å². The van der Waals surface area contributed by atoms with Crippen molar-refractivity contribution in [3.05, 3.63) is 18.3 Å². The van der Waals surface area contributed by atoms with Crippen LogP contribution in [0.25, 0.3) is 0 Å². The Bertz CT molecular complexity index is 590. The number of amides is 1. The minimum absolute atomic E-state index is 0.00202. The molecule has 1 aliphatic rings. The molecule has 0 bridgehead atoms. The Kier molecular flexibility index (Phi) is 3.70. The van der Waals surface area contributed by atoms with Gasteiger partial charge in [-0.2, -0.15) is 8.42 Å². The average molecular weight is 288 g/mol. The molecule has 1 aliphatic heterocycles. The maximum Gasteiger partial charge on any atom is 0.302 e. The number of ether oxygens (including phenoxy) is 1. The number of rotatable bonds is 4. The molecular weight excluding hydrogens is 275 g/mol. The largest absolute Gasteiger partial charge is 0.497 e. The van der Waals surface area contributed by atoms with E-state index in [1.54, 1.807) is 12.1 Å². The molecule has 6 nitrogen and oxygen atoms in total. The van der Waals surface area contributed by atoms with Gasteiger partial charge in [0.1, 0.15) is 11.6 Å². The van der Waals surface area contributed by atoms with Crippen LogP contribution in [0.5, 0.6) is 5.75 Å². The Hall–Kier alpha value is -1.70. The highest BCUT2D eigenvalue weighted by Gasteiger charge is 2.34. The van der Waals surface area contributed by atoms with E-state index in [2.05, 4.69) is 4.98 Å². The molecule has 2 rings (SSSR count). The van der Waals surface area contributed by atoms with Crippen molar-refractivity contribution < 1.29 is 21.8 Å². The second-order valence-corrected chi connectivity index (χ2v) is 5.74. The molecule has 0 aromatic carbocycles. The summed E-state index contributed by atoms with van der Waals surface area (Å²) < 4.78 is 38.9. The maximum atomic E-state index is 12.6. The van der Waals surface area contributed by atoms with Crippen molar-refractivity contribution in [3.8, 4) is 5.75 Å². The Morgan fingerprint density at radius 1 is 1.58 bits per heavy atom. The van der Waals surface area contributed by atoms with Crippen molar-refractivity contribution in [1.29, 1.82) is 0 Å². The lowest BCUT2D eigenvalue weighted by molar-refractivity contribution is -0.117. The van der Waals surface area contributed by atoms with Crippen molar-refractivity contribution >= 4 is 21.9 Å². The number of halogens is 1. The molecule has 0 aliphatic carbocycles. The van der Waals surface area contributed by atoms with Gasteiger partial charge in [-0.3, -0.25) is 9.69 Å². The van der Waals surface area contributed by atoms with E-state index in [0.717, 1.165) is 0 Å². The van der Waals surface area contributed by atoms with Crippen LogP contribution >= 0.6 is 0 Å². The van der Waals surface area contributed by atoms with Crippen LogP contribution in [-0.4, -0.2) is 38.7 Å². The highest BCUT2D eigenvalue weighted by Crippen LogP contribution is 2.26. The first-order valence-corrected chi connectivity index (χ1v) is 7.17. The fourth-order valence-electron chi connectivity index (χ4n) is 2.07. The molecule has 8 heteroatoms. The molecule has 0 radical (unpaired) electrons. The maximum absolute atomic E-state index is 12.6. The molecule has 1 unspecified atom stereocenters. The number of methoxy groups -OCH3 is 1. The van der Waals surface area contributed by atoms with Gasteiger partial charge in [-0.1, -0.05) is 0 Å². The van der Waals surface area contributed by atoms with Crippen LogP contribution in [-0.2, 0) is 15.0 Å². The van der Waals surface area contributed by atoms with Crippen molar-refractivity contribution in [2.24, 2.45) is 5.92 Å². The van der Waals surface area contributed by atoms with Crippen LogP contribution in [0.4, 0.5) is 9.70 Å². The average Bonchev–Trinajstić information content (AvgIpc) is 2.68. The number of aromatic nitrogens is 1. The topological polar surface area (TPSA) is 76.6 Å². The number of nitrogens with zero attached hydrogens (tertiary/aromatic N) is 2. The van der Waals surface area contributed by atoms with Crippen molar-refractivity contribution in [2.45, 2.75) is 6.42 Å². The molecule has 0 N–H and O–H groups in total. The fourth-order valence-corrected chi connectivity index (χ4v) is 2.86. The lowest BCUT2D eigenvalue weighted by Crippen LogP contribution is -2.26. The predicted octanol–water partition coefficient (Wildman–Crippen LogP) is 0.742. The number of anilines is 1. The summed E-state index contributed by atoms with van der Waals surface area (Å²) in [5, 5.41) is 0. The molecule has 19 heavy (non-hydrogen) atoms. The molecule has 2 heterocycles. The lowest BCUT2D eigenvalue weighted by Gasteiger charge is -2.15. The van der Waals surface area contributed by atoms with Gasteiger partial charge in [0.25, 0.3) is 0 Å². The van der Waals surface area contributed by atoms with E-state index < -0.39 is 21.9 Å². The van der Waals surface area contributed by atoms with Crippen LogP contribution in [0.15, 0.2) is 18.3 Å². The van der Waals surface area contributed by atoms with Crippen LogP contribution in [0.2, 0.25) is 0 Å². The molecule has 1 amide bonds. The summed E-state index contributed by atoms with van der Waals surface area (Å²) in [5.74, 6) is -0.536. The van der Waals surface area contributed by atoms with Gasteiger partial charge in [0.15, 0.2) is 0 Å². The van der Waals surface area contributed by atoms with E-state index in [4.69, 9.17) is 4.74 Å². The number of carbonyl (C=O) groups excluding carboxylic acids is 1. The van der Waals surface area contributed by atoms with Crippen molar-refractivity contribution in [2.75, 3.05) is 24.3 Å². The minimum Gasteiger partial charge on any atom is -0.497 e. The number of carbonyl (C=O) groups is 1. The minimum atomic E-state index is -4.57. The van der Waals surface area contributed by atoms with Crippen LogP contribution in [0, 0.1) is 5.92 Å². The Labute approximate surface area is 110 Å². The third-order valence-electron chi connectivity index (χ3n) is 2.87. The summed E-state index contributed by atoms with van der Waals surface area (Å²) in [7, 11) is -3.08. The third kappa shape index (κ3) is 3.40. The molecule has 1 saturated heterocycles. The van der Waals surface area contributed by atoms with Crippen LogP contribution in [0.3, 0.4) is 0 Å². The summed E-state index contributed by atoms with van der Waals surface area (Å²) in [6.45, 7) is 0.141. The first kappa shape index (κ1) is 13.7. The molecule has 1 atom stereocenters. The predicted molar refractivity (Wildman–Crippen MR) is 66.1 cm³/mol. The zero-order valence-electron chi connectivity index (χ0n) is 10.2. The monoisotopic (exact) mass is 288 g/mol. The summed E-state index contributed by atoms with van der Waals surface area (Å²) in [4.78, 5) is 17.2. The zero-order valence-corrected chi connectivity index (χ0v) is 11.1. The summed E-state index contributed by atoms with van der Waals surface area (Å²) >= 11 is 0. The van der Waals surface area contributed by atoms with Crippen LogP contribution < -0.4 is 9.64 Å². The van der Waals surface area contributed by atoms with E-state index in [9.17, 15) is 17.1 Å². The third-order valence-corrected chi connectivity index (χ3v) is 3.74. The fraction of sp³-hybridized carbons (Fsp3) is 0.455. The van der Waals surface area contributed by atoms with E-state index in [1.807, 2.05) is 0 Å². The summed E-state index contributed by atoms with van der Waals surface area (Å²) in [6.07, 6.45) is 1.49. The Balaban J connectivity index is 2.15. The smallest absolute Gasteiger partial charge is 0.302 e. The first-order valence-electron chi connectivity index (χ1n) is 5.62. The summed E-state index contributed by atoms with van der Waals surface area (Å²) in [5.41, 5.74) is 0. The van der Waals surface area contributed by atoms with Gasteiger partial charge in [0, 0.05) is 31.1 Å². The molecule has 1 aromatic heterocycles. The second kappa shape index (κ2) is 5.12. The van der Waals surface area contributed by atoms with Gasteiger partial charge < -0.3 is 4.74 Å². The number of pyridine rings is 1. The number of hydrogen-bond acceptors (Lipinski definition) is 5. The molecular formula is C11H13FN2O4S. The highest BCUT2D eigenvalue weighted by atomic mass is 32.3. The number of hydrogen-bond donors (Lipinski definition) is 0. The standard InChI is InChI=1S/C11H13FN2O4S/c1-18-9-2-3-13-10(5-9)14-6-8(4-11(14)15)7-19(12,16)17/h2-3,5,8H,4,6-7H2,1H3.